The quantitative estimate of drug-likeness (QED) is 0.210. The van der Waals surface area contributed by atoms with Gasteiger partial charge in [-0.1, -0.05) is 46.3 Å². The van der Waals surface area contributed by atoms with Gasteiger partial charge >= 0.3 is 0 Å². The lowest BCUT2D eigenvalue weighted by Crippen LogP contribution is -2.01. The van der Waals surface area contributed by atoms with Crippen LogP contribution in [0, 0.1) is 11.3 Å². The maximum Gasteiger partial charge on any atom is 0.203 e. The van der Waals surface area contributed by atoms with Crippen LogP contribution in [0.4, 0.5) is 5.13 Å². The van der Waals surface area contributed by atoms with Crippen LogP contribution in [0.1, 0.15) is 31.2 Å². The van der Waals surface area contributed by atoms with Gasteiger partial charge in [-0.25, -0.2) is 4.98 Å². The summed E-state index contributed by atoms with van der Waals surface area (Å²) < 4.78 is 6.86. The van der Waals surface area contributed by atoms with Gasteiger partial charge in [0.15, 0.2) is 0 Å². The van der Waals surface area contributed by atoms with Crippen molar-refractivity contribution in [3.05, 3.63) is 63.9 Å². The maximum atomic E-state index is 8.58. The van der Waals surface area contributed by atoms with Gasteiger partial charge < -0.3 is 4.74 Å². The number of benzene rings is 2. The molecule has 0 unspecified atom stereocenters. The SMILES string of the molecule is N#CCCCCCOc1ccc(Br)cc1C=NNc1nc(-c2ccccc2)cs1. The van der Waals surface area contributed by atoms with Gasteiger partial charge in [-0.3, -0.25) is 5.43 Å². The van der Waals surface area contributed by atoms with Crippen molar-refractivity contribution in [2.75, 3.05) is 12.0 Å². The molecule has 1 N–H and O–H groups in total. The van der Waals surface area contributed by atoms with Gasteiger partial charge in [-0.15, -0.1) is 11.3 Å². The number of thiazole rings is 1. The number of nitrogens with one attached hydrogen (secondary N) is 1. The number of anilines is 1. The van der Waals surface area contributed by atoms with E-state index in [4.69, 9.17) is 10.00 Å². The summed E-state index contributed by atoms with van der Waals surface area (Å²) in [7, 11) is 0. The van der Waals surface area contributed by atoms with E-state index in [1.165, 1.54) is 11.3 Å². The summed E-state index contributed by atoms with van der Waals surface area (Å²) >= 11 is 5.00. The molecule has 0 bridgehead atoms. The third-order valence-corrected chi connectivity index (χ3v) is 5.34. The fourth-order valence-electron chi connectivity index (χ4n) is 2.64. The average molecular weight is 469 g/mol. The van der Waals surface area contributed by atoms with Crippen LogP contribution >= 0.6 is 27.3 Å². The zero-order chi connectivity index (χ0) is 20.3. The Morgan fingerprint density at radius 1 is 1.17 bits per heavy atom. The Labute approximate surface area is 183 Å². The Balaban J connectivity index is 1.58. The molecular weight excluding hydrogens is 448 g/mol. The minimum Gasteiger partial charge on any atom is -0.493 e. The van der Waals surface area contributed by atoms with Gasteiger partial charge in [0.05, 0.1) is 24.6 Å². The van der Waals surface area contributed by atoms with Crippen molar-refractivity contribution >= 4 is 38.6 Å². The molecule has 0 aliphatic carbocycles. The van der Waals surface area contributed by atoms with Gasteiger partial charge in [0, 0.05) is 27.4 Å². The van der Waals surface area contributed by atoms with Crippen LogP contribution in [-0.2, 0) is 0 Å². The second-order valence-electron chi connectivity index (χ2n) is 6.27. The molecule has 2 aromatic carbocycles. The van der Waals surface area contributed by atoms with Crippen LogP contribution in [0.5, 0.6) is 5.75 Å². The number of nitriles is 1. The molecule has 0 saturated carbocycles. The molecule has 3 rings (SSSR count). The highest BCUT2D eigenvalue weighted by Crippen LogP contribution is 2.25. The normalized spacial score (nSPS) is 10.8. The molecular formula is C22H21BrN4OS. The Morgan fingerprint density at radius 2 is 2.03 bits per heavy atom. The molecule has 1 aromatic heterocycles. The third-order valence-electron chi connectivity index (χ3n) is 4.10. The standard InChI is InChI=1S/C22H21BrN4OS/c23-19-10-11-21(28-13-7-2-1-6-12-24)18(14-19)15-25-27-22-26-20(16-29-22)17-8-4-3-5-9-17/h3-5,8-11,14-16H,1-2,6-7,13H2,(H,26,27). The Morgan fingerprint density at radius 3 is 2.86 bits per heavy atom. The molecule has 0 aliphatic heterocycles. The first-order valence-electron chi connectivity index (χ1n) is 9.35. The number of nitrogens with zero attached hydrogens (tertiary/aromatic N) is 3. The van der Waals surface area contributed by atoms with Crippen molar-refractivity contribution in [2.45, 2.75) is 25.7 Å². The lowest BCUT2D eigenvalue weighted by atomic mass is 10.2. The predicted molar refractivity (Wildman–Crippen MR) is 122 cm³/mol. The number of ether oxygens (including phenoxy) is 1. The number of unbranched alkanes of at least 4 members (excludes halogenated alkanes) is 3. The smallest absolute Gasteiger partial charge is 0.203 e. The van der Waals surface area contributed by atoms with Crippen LogP contribution in [-0.4, -0.2) is 17.8 Å². The lowest BCUT2D eigenvalue weighted by Gasteiger charge is -2.09. The van der Waals surface area contributed by atoms with E-state index in [1.54, 1.807) is 6.21 Å². The monoisotopic (exact) mass is 468 g/mol. The zero-order valence-corrected chi connectivity index (χ0v) is 18.2. The topological polar surface area (TPSA) is 70.3 Å². The van der Waals surface area contributed by atoms with E-state index < -0.39 is 0 Å². The van der Waals surface area contributed by atoms with Gasteiger partial charge in [0.25, 0.3) is 0 Å². The first kappa shape index (κ1) is 21.0. The molecule has 0 fully saturated rings. The highest BCUT2D eigenvalue weighted by Gasteiger charge is 2.05. The molecule has 5 nitrogen and oxygen atoms in total. The number of hydrogen-bond donors (Lipinski definition) is 1. The second-order valence-corrected chi connectivity index (χ2v) is 8.05. The van der Waals surface area contributed by atoms with Crippen molar-refractivity contribution in [1.29, 1.82) is 5.26 Å². The van der Waals surface area contributed by atoms with E-state index in [2.05, 4.69) is 37.5 Å². The molecule has 7 heteroatoms. The Kier molecular flexibility index (Phi) is 8.23. The molecule has 29 heavy (non-hydrogen) atoms. The van der Waals surface area contributed by atoms with Crippen LogP contribution in [0.15, 0.2) is 63.5 Å². The van der Waals surface area contributed by atoms with Gasteiger partial charge in [-0.05, 0) is 37.5 Å². The fourth-order valence-corrected chi connectivity index (χ4v) is 3.69. The summed E-state index contributed by atoms with van der Waals surface area (Å²) in [6.07, 6.45) is 5.16. The van der Waals surface area contributed by atoms with E-state index in [9.17, 15) is 0 Å². The van der Waals surface area contributed by atoms with Crippen molar-refractivity contribution in [3.63, 3.8) is 0 Å². The van der Waals surface area contributed by atoms with E-state index in [0.717, 1.165) is 51.4 Å². The molecule has 1 heterocycles. The summed E-state index contributed by atoms with van der Waals surface area (Å²) in [6, 6.07) is 18.1. The van der Waals surface area contributed by atoms with Crippen LogP contribution in [0.25, 0.3) is 11.3 Å². The van der Waals surface area contributed by atoms with E-state index in [1.807, 2.05) is 53.9 Å². The second kappa shape index (κ2) is 11.3. The van der Waals surface area contributed by atoms with Crippen LogP contribution < -0.4 is 10.2 Å². The number of aromatic nitrogens is 1. The van der Waals surface area contributed by atoms with Crippen molar-refractivity contribution in [3.8, 4) is 23.1 Å². The van der Waals surface area contributed by atoms with E-state index in [-0.39, 0.29) is 0 Å². The predicted octanol–water partition coefficient (Wildman–Crippen LogP) is 6.48. The van der Waals surface area contributed by atoms with Crippen molar-refractivity contribution < 1.29 is 4.74 Å². The summed E-state index contributed by atoms with van der Waals surface area (Å²) in [5.41, 5.74) is 5.88. The van der Waals surface area contributed by atoms with Gasteiger partial charge in [0.2, 0.25) is 5.13 Å². The molecule has 0 amide bonds. The highest BCUT2D eigenvalue weighted by atomic mass is 79.9. The maximum absolute atomic E-state index is 8.58. The number of rotatable bonds is 10. The summed E-state index contributed by atoms with van der Waals surface area (Å²) in [6.45, 7) is 0.619. The summed E-state index contributed by atoms with van der Waals surface area (Å²) in [4.78, 5) is 4.57. The first-order valence-corrected chi connectivity index (χ1v) is 11.0. The first-order chi connectivity index (χ1) is 14.3. The Hall–Kier alpha value is -2.69. The van der Waals surface area contributed by atoms with E-state index in [0.29, 0.717) is 13.0 Å². The van der Waals surface area contributed by atoms with Crippen molar-refractivity contribution in [1.82, 2.24) is 4.98 Å². The molecule has 0 atom stereocenters. The summed E-state index contributed by atoms with van der Waals surface area (Å²) in [5, 5.41) is 15.6. The number of halogens is 1. The minimum atomic E-state index is 0.602. The largest absolute Gasteiger partial charge is 0.493 e. The summed E-state index contributed by atoms with van der Waals surface area (Å²) in [5.74, 6) is 0.781. The molecule has 148 valence electrons. The molecule has 0 spiro atoms. The lowest BCUT2D eigenvalue weighted by molar-refractivity contribution is 0.305. The van der Waals surface area contributed by atoms with Gasteiger partial charge in [0.1, 0.15) is 5.75 Å². The minimum absolute atomic E-state index is 0.602. The molecule has 0 saturated heterocycles. The number of hydrazone groups is 1. The van der Waals surface area contributed by atoms with Crippen molar-refractivity contribution in [2.24, 2.45) is 5.10 Å². The number of hydrogen-bond acceptors (Lipinski definition) is 6. The van der Waals surface area contributed by atoms with Gasteiger partial charge in [-0.2, -0.15) is 10.4 Å². The van der Waals surface area contributed by atoms with Crippen LogP contribution in [0.2, 0.25) is 0 Å². The Bertz CT molecular complexity index is 982. The zero-order valence-electron chi connectivity index (χ0n) is 15.8. The fraction of sp³-hybridized carbons (Fsp3) is 0.227. The average Bonchev–Trinajstić information content (AvgIpc) is 3.21. The molecule has 0 aliphatic rings. The molecule has 0 radical (unpaired) electrons. The molecule has 3 aromatic rings. The van der Waals surface area contributed by atoms with E-state index >= 15 is 0 Å². The highest BCUT2D eigenvalue weighted by molar-refractivity contribution is 9.10. The third kappa shape index (κ3) is 6.70. The van der Waals surface area contributed by atoms with Crippen LogP contribution in [0.3, 0.4) is 0 Å².